The summed E-state index contributed by atoms with van der Waals surface area (Å²) >= 11 is 6.70. The average Bonchev–Trinajstić information content (AvgIpc) is 2.96. The van der Waals surface area contributed by atoms with Gasteiger partial charge in [-0.25, -0.2) is 8.42 Å². The van der Waals surface area contributed by atoms with Crippen LogP contribution in [0, 0.1) is 10.1 Å². The number of anilines is 1. The van der Waals surface area contributed by atoms with Crippen LogP contribution in [0.5, 0.6) is 0 Å². The van der Waals surface area contributed by atoms with Crippen LogP contribution in [0.2, 0.25) is 5.02 Å². The Hall–Kier alpha value is -2.17. The molecular formula is C14H14ClN3O5S2. The SMILES string of the molecule is CS(=O)(=O)c1cc([N+](=O)[O-])c(NCCNC(=O)c2ccccc2Cl)s1. The van der Waals surface area contributed by atoms with Crippen LogP contribution >= 0.6 is 22.9 Å². The second-order valence-electron chi connectivity index (χ2n) is 4.97. The minimum absolute atomic E-state index is 0.0956. The van der Waals surface area contributed by atoms with Crippen molar-refractivity contribution in [3.05, 3.63) is 51.0 Å². The van der Waals surface area contributed by atoms with Crippen molar-refractivity contribution in [2.75, 3.05) is 24.7 Å². The molecule has 0 unspecified atom stereocenters. The van der Waals surface area contributed by atoms with Gasteiger partial charge in [0.1, 0.15) is 4.21 Å². The summed E-state index contributed by atoms with van der Waals surface area (Å²) in [5.41, 5.74) is 0.00786. The van der Waals surface area contributed by atoms with Crippen LogP contribution in [0.1, 0.15) is 10.4 Å². The number of carbonyl (C=O) groups excluding carboxylic acids is 1. The number of nitrogens with one attached hydrogen (secondary N) is 2. The quantitative estimate of drug-likeness (QED) is 0.416. The van der Waals surface area contributed by atoms with Crippen LogP contribution in [-0.2, 0) is 9.84 Å². The molecule has 0 radical (unpaired) electrons. The molecule has 8 nitrogen and oxygen atoms in total. The van der Waals surface area contributed by atoms with Gasteiger partial charge in [-0.15, -0.1) is 0 Å². The molecule has 0 fully saturated rings. The lowest BCUT2D eigenvalue weighted by Gasteiger charge is -2.07. The van der Waals surface area contributed by atoms with Crippen molar-refractivity contribution in [2.45, 2.75) is 4.21 Å². The molecule has 2 rings (SSSR count). The first kappa shape index (κ1) is 19.2. The number of benzene rings is 1. The van der Waals surface area contributed by atoms with Gasteiger partial charge in [-0.3, -0.25) is 14.9 Å². The van der Waals surface area contributed by atoms with E-state index in [0.717, 1.165) is 23.7 Å². The van der Waals surface area contributed by atoms with Crippen LogP contribution in [-0.4, -0.2) is 38.6 Å². The number of rotatable bonds is 7. The highest BCUT2D eigenvalue weighted by Crippen LogP contribution is 2.36. The number of hydrogen-bond donors (Lipinski definition) is 2. The number of nitrogens with zero attached hydrogens (tertiary/aromatic N) is 1. The number of halogens is 1. The second-order valence-corrected chi connectivity index (χ2v) is 8.67. The van der Waals surface area contributed by atoms with Crippen LogP contribution < -0.4 is 10.6 Å². The Morgan fingerprint density at radius 3 is 2.60 bits per heavy atom. The van der Waals surface area contributed by atoms with Gasteiger partial charge in [-0.1, -0.05) is 35.1 Å². The summed E-state index contributed by atoms with van der Waals surface area (Å²) in [4.78, 5) is 22.3. The third-order valence-electron chi connectivity index (χ3n) is 3.07. The van der Waals surface area contributed by atoms with E-state index < -0.39 is 14.8 Å². The molecule has 11 heteroatoms. The average molecular weight is 404 g/mol. The zero-order valence-electron chi connectivity index (χ0n) is 13.0. The molecule has 0 bridgehead atoms. The molecule has 0 aliphatic carbocycles. The predicted molar refractivity (Wildman–Crippen MR) is 96.4 cm³/mol. The molecule has 0 spiro atoms. The topological polar surface area (TPSA) is 118 Å². The first-order valence-corrected chi connectivity index (χ1v) is 10.0. The normalized spacial score (nSPS) is 11.1. The molecule has 25 heavy (non-hydrogen) atoms. The molecule has 1 aromatic heterocycles. The van der Waals surface area contributed by atoms with Crippen LogP contribution in [0.15, 0.2) is 34.5 Å². The maximum atomic E-state index is 12.0. The fraction of sp³-hybridized carbons (Fsp3) is 0.214. The van der Waals surface area contributed by atoms with Gasteiger partial charge in [0.2, 0.25) is 0 Å². The zero-order chi connectivity index (χ0) is 18.6. The zero-order valence-corrected chi connectivity index (χ0v) is 15.4. The molecule has 1 aromatic carbocycles. The van der Waals surface area contributed by atoms with Gasteiger partial charge < -0.3 is 10.6 Å². The molecular weight excluding hydrogens is 390 g/mol. The molecule has 2 aromatic rings. The van der Waals surface area contributed by atoms with Crippen molar-refractivity contribution in [1.82, 2.24) is 5.32 Å². The first-order chi connectivity index (χ1) is 11.7. The van der Waals surface area contributed by atoms with Gasteiger partial charge in [-0.05, 0) is 12.1 Å². The summed E-state index contributed by atoms with van der Waals surface area (Å²) < 4.78 is 22.9. The number of amides is 1. The lowest BCUT2D eigenvalue weighted by atomic mass is 10.2. The molecule has 0 aliphatic heterocycles. The fourth-order valence-electron chi connectivity index (χ4n) is 1.90. The minimum Gasteiger partial charge on any atom is -0.369 e. The van der Waals surface area contributed by atoms with E-state index in [1.54, 1.807) is 24.3 Å². The van der Waals surface area contributed by atoms with E-state index in [4.69, 9.17) is 11.6 Å². The summed E-state index contributed by atoms with van der Waals surface area (Å²) in [7, 11) is -3.53. The van der Waals surface area contributed by atoms with E-state index in [1.807, 2.05) is 0 Å². The van der Waals surface area contributed by atoms with Crippen molar-refractivity contribution in [3.63, 3.8) is 0 Å². The Labute approximate surface area is 152 Å². The Bertz CT molecular complexity index is 911. The molecule has 0 atom stereocenters. The first-order valence-electron chi connectivity index (χ1n) is 6.95. The lowest BCUT2D eigenvalue weighted by Crippen LogP contribution is -2.28. The second kappa shape index (κ2) is 7.81. The number of thiophene rings is 1. The summed E-state index contributed by atoms with van der Waals surface area (Å²) in [6.07, 6.45) is 0.982. The van der Waals surface area contributed by atoms with E-state index in [9.17, 15) is 23.3 Å². The Balaban J connectivity index is 1.98. The fourth-order valence-corrected chi connectivity index (χ4v) is 4.08. The van der Waals surface area contributed by atoms with Gasteiger partial charge in [0, 0.05) is 25.4 Å². The van der Waals surface area contributed by atoms with Crippen molar-refractivity contribution < 1.29 is 18.1 Å². The van der Waals surface area contributed by atoms with E-state index in [-0.39, 0.29) is 33.9 Å². The van der Waals surface area contributed by atoms with Crippen molar-refractivity contribution in [3.8, 4) is 0 Å². The Morgan fingerprint density at radius 1 is 1.32 bits per heavy atom. The number of carbonyl (C=O) groups is 1. The largest absolute Gasteiger partial charge is 0.369 e. The van der Waals surface area contributed by atoms with Crippen LogP contribution in [0.25, 0.3) is 0 Å². The third kappa shape index (κ3) is 4.91. The van der Waals surface area contributed by atoms with Crippen LogP contribution in [0.4, 0.5) is 10.7 Å². The smallest absolute Gasteiger partial charge is 0.304 e. The maximum absolute atomic E-state index is 12.0. The minimum atomic E-state index is -3.53. The Morgan fingerprint density at radius 2 is 2.00 bits per heavy atom. The Kier molecular flexibility index (Phi) is 5.98. The number of hydrogen-bond acceptors (Lipinski definition) is 7. The van der Waals surface area contributed by atoms with Crippen molar-refractivity contribution >= 4 is 49.4 Å². The van der Waals surface area contributed by atoms with Gasteiger partial charge in [-0.2, -0.15) is 0 Å². The summed E-state index contributed by atoms with van der Waals surface area (Å²) in [5, 5.41) is 16.9. The highest BCUT2D eigenvalue weighted by atomic mass is 35.5. The van der Waals surface area contributed by atoms with E-state index in [2.05, 4.69) is 10.6 Å². The maximum Gasteiger partial charge on any atom is 0.304 e. The molecule has 0 aliphatic rings. The third-order valence-corrected chi connectivity index (χ3v) is 6.28. The van der Waals surface area contributed by atoms with Gasteiger partial charge in [0.15, 0.2) is 14.8 Å². The molecule has 0 saturated heterocycles. The molecule has 1 heterocycles. The number of sulfone groups is 1. The summed E-state index contributed by atoms with van der Waals surface area (Å²) in [6, 6.07) is 7.57. The van der Waals surface area contributed by atoms with E-state index >= 15 is 0 Å². The monoisotopic (exact) mass is 403 g/mol. The molecule has 1 amide bonds. The standard InChI is InChI=1S/C14H14ClN3O5S2/c1-25(22,23)12-8-11(18(20)21)14(24-12)17-7-6-16-13(19)9-4-2-3-5-10(9)15/h2-5,8,17H,6-7H2,1H3,(H,16,19). The highest BCUT2D eigenvalue weighted by molar-refractivity contribution is 7.92. The molecule has 134 valence electrons. The van der Waals surface area contributed by atoms with Gasteiger partial charge in [0.25, 0.3) is 5.91 Å². The lowest BCUT2D eigenvalue weighted by molar-refractivity contribution is -0.383. The van der Waals surface area contributed by atoms with E-state index in [0.29, 0.717) is 10.6 Å². The summed E-state index contributed by atoms with van der Waals surface area (Å²) in [5.74, 6) is -0.370. The van der Waals surface area contributed by atoms with Crippen molar-refractivity contribution in [2.24, 2.45) is 0 Å². The molecule has 0 saturated carbocycles. The summed E-state index contributed by atoms with van der Waals surface area (Å²) in [6.45, 7) is 0.355. The number of nitro groups is 1. The van der Waals surface area contributed by atoms with E-state index in [1.165, 1.54) is 0 Å². The van der Waals surface area contributed by atoms with Gasteiger partial charge >= 0.3 is 5.69 Å². The van der Waals surface area contributed by atoms with Crippen molar-refractivity contribution in [1.29, 1.82) is 0 Å². The molecule has 2 N–H and O–H groups in total. The van der Waals surface area contributed by atoms with Crippen LogP contribution in [0.3, 0.4) is 0 Å². The predicted octanol–water partition coefficient (Wildman–Crippen LogP) is 2.56. The van der Waals surface area contributed by atoms with Gasteiger partial charge in [0.05, 0.1) is 15.5 Å². The highest BCUT2D eigenvalue weighted by Gasteiger charge is 2.23.